The van der Waals surface area contributed by atoms with Gasteiger partial charge in [0.1, 0.15) is 4.70 Å². The number of rotatable bonds is 4. The first-order chi connectivity index (χ1) is 16.0. The number of carbonyl (C=O) groups is 1. The van der Waals surface area contributed by atoms with Crippen LogP contribution in [0.15, 0.2) is 64.8 Å². The SMILES string of the molecule is Cc1ccc(NC(=O)[C@@H]2CCCN(c3nc4ccsc4c(=O)n3-c3ccc(C)cc3)C2)cc1. The molecule has 0 saturated carbocycles. The molecule has 4 aromatic rings. The number of carbonyl (C=O) groups excluding carboxylic acids is 1. The Kier molecular flexibility index (Phi) is 5.72. The van der Waals surface area contributed by atoms with Gasteiger partial charge in [-0.05, 0) is 62.4 Å². The van der Waals surface area contributed by atoms with Crippen LogP contribution >= 0.6 is 11.3 Å². The highest BCUT2D eigenvalue weighted by molar-refractivity contribution is 7.17. The lowest BCUT2D eigenvalue weighted by Crippen LogP contribution is -2.43. The smallest absolute Gasteiger partial charge is 0.277 e. The Hall–Kier alpha value is -3.45. The van der Waals surface area contributed by atoms with Crippen LogP contribution in [0.2, 0.25) is 0 Å². The van der Waals surface area contributed by atoms with Gasteiger partial charge >= 0.3 is 0 Å². The lowest BCUT2D eigenvalue weighted by molar-refractivity contribution is -0.120. The van der Waals surface area contributed by atoms with Crippen LogP contribution in [0, 0.1) is 19.8 Å². The summed E-state index contributed by atoms with van der Waals surface area (Å²) in [6, 6.07) is 17.6. The van der Waals surface area contributed by atoms with Crippen molar-refractivity contribution < 1.29 is 4.79 Å². The van der Waals surface area contributed by atoms with Crippen LogP contribution in [-0.2, 0) is 4.79 Å². The number of nitrogens with one attached hydrogen (secondary N) is 1. The van der Waals surface area contributed by atoms with Crippen molar-refractivity contribution in [2.75, 3.05) is 23.3 Å². The van der Waals surface area contributed by atoms with E-state index in [9.17, 15) is 9.59 Å². The summed E-state index contributed by atoms with van der Waals surface area (Å²) in [6.45, 7) is 5.32. The van der Waals surface area contributed by atoms with E-state index in [2.05, 4.69) is 10.2 Å². The molecule has 3 heterocycles. The average Bonchev–Trinajstić information content (AvgIpc) is 3.31. The summed E-state index contributed by atoms with van der Waals surface area (Å²) in [5, 5.41) is 4.95. The molecule has 6 nitrogen and oxygen atoms in total. The fourth-order valence-electron chi connectivity index (χ4n) is 4.29. The quantitative estimate of drug-likeness (QED) is 0.471. The third-order valence-corrected chi connectivity index (χ3v) is 7.04. The molecule has 1 atom stereocenters. The van der Waals surface area contributed by atoms with E-state index in [4.69, 9.17) is 4.98 Å². The maximum atomic E-state index is 13.4. The predicted octanol–water partition coefficient (Wildman–Crippen LogP) is 4.92. The molecule has 5 rings (SSSR count). The number of amides is 1. The molecule has 1 aliphatic heterocycles. The van der Waals surface area contributed by atoms with Gasteiger partial charge in [0.15, 0.2) is 0 Å². The Bertz CT molecular complexity index is 1360. The first-order valence-electron chi connectivity index (χ1n) is 11.2. The minimum absolute atomic E-state index is 0.00407. The normalized spacial score (nSPS) is 16.2. The second-order valence-electron chi connectivity index (χ2n) is 8.66. The highest BCUT2D eigenvalue weighted by atomic mass is 32.1. The minimum Gasteiger partial charge on any atom is -0.341 e. The zero-order chi connectivity index (χ0) is 22.9. The molecule has 33 heavy (non-hydrogen) atoms. The van der Waals surface area contributed by atoms with Gasteiger partial charge in [0, 0.05) is 18.8 Å². The molecule has 168 valence electrons. The van der Waals surface area contributed by atoms with Crippen LogP contribution in [0.25, 0.3) is 15.9 Å². The molecule has 0 radical (unpaired) electrons. The number of benzene rings is 2. The van der Waals surface area contributed by atoms with Gasteiger partial charge < -0.3 is 10.2 Å². The number of aryl methyl sites for hydroxylation is 2. The summed E-state index contributed by atoms with van der Waals surface area (Å²) in [5.41, 5.74) is 4.51. The third-order valence-electron chi connectivity index (χ3n) is 6.15. The predicted molar refractivity (Wildman–Crippen MR) is 135 cm³/mol. The Morgan fingerprint density at radius 1 is 1.03 bits per heavy atom. The van der Waals surface area contributed by atoms with Crippen LogP contribution in [0.3, 0.4) is 0 Å². The maximum absolute atomic E-state index is 13.4. The van der Waals surface area contributed by atoms with Crippen LogP contribution in [0.1, 0.15) is 24.0 Å². The van der Waals surface area contributed by atoms with Gasteiger partial charge in [-0.3, -0.25) is 9.59 Å². The molecule has 7 heteroatoms. The number of hydrogen-bond donors (Lipinski definition) is 1. The molecule has 2 aromatic heterocycles. The Morgan fingerprint density at radius 2 is 1.73 bits per heavy atom. The monoisotopic (exact) mass is 458 g/mol. The van der Waals surface area contributed by atoms with Gasteiger partial charge in [0.05, 0.1) is 17.1 Å². The van der Waals surface area contributed by atoms with Crippen LogP contribution in [0.4, 0.5) is 11.6 Å². The van der Waals surface area contributed by atoms with Crippen molar-refractivity contribution in [3.8, 4) is 5.69 Å². The van der Waals surface area contributed by atoms with E-state index in [-0.39, 0.29) is 17.4 Å². The topological polar surface area (TPSA) is 67.2 Å². The van der Waals surface area contributed by atoms with Crippen molar-refractivity contribution in [2.45, 2.75) is 26.7 Å². The standard InChI is InChI=1S/C26H26N4O2S/c1-17-5-9-20(10-6-17)27-24(31)19-4-3-14-29(16-19)26-28-22-13-15-33-23(22)25(32)30(26)21-11-7-18(2)8-12-21/h5-13,15,19H,3-4,14,16H2,1-2H3,(H,27,31)/t19-/m1/s1. The van der Waals surface area contributed by atoms with Crippen LogP contribution in [-0.4, -0.2) is 28.5 Å². The van der Waals surface area contributed by atoms with Gasteiger partial charge in [-0.15, -0.1) is 11.3 Å². The lowest BCUT2D eigenvalue weighted by Gasteiger charge is -2.34. The molecule has 1 saturated heterocycles. The molecule has 1 amide bonds. The van der Waals surface area contributed by atoms with Crippen molar-refractivity contribution in [3.63, 3.8) is 0 Å². The average molecular weight is 459 g/mol. The van der Waals surface area contributed by atoms with E-state index < -0.39 is 0 Å². The Labute approximate surface area is 196 Å². The molecule has 0 unspecified atom stereocenters. The molecule has 1 aliphatic rings. The summed E-state index contributed by atoms with van der Waals surface area (Å²) in [5.74, 6) is 0.425. The minimum atomic E-state index is -0.179. The summed E-state index contributed by atoms with van der Waals surface area (Å²) in [6.07, 6.45) is 1.67. The second-order valence-corrected chi connectivity index (χ2v) is 9.58. The van der Waals surface area contributed by atoms with Crippen molar-refractivity contribution in [1.29, 1.82) is 0 Å². The maximum Gasteiger partial charge on any atom is 0.277 e. The van der Waals surface area contributed by atoms with Gasteiger partial charge in [0.25, 0.3) is 5.56 Å². The second kappa shape index (κ2) is 8.83. The molecule has 0 bridgehead atoms. The summed E-state index contributed by atoms with van der Waals surface area (Å²) in [7, 11) is 0. The van der Waals surface area contributed by atoms with Crippen LogP contribution in [0.5, 0.6) is 0 Å². The third kappa shape index (κ3) is 4.28. The zero-order valence-electron chi connectivity index (χ0n) is 18.7. The number of fused-ring (bicyclic) bond motifs is 1. The number of aromatic nitrogens is 2. The van der Waals surface area contributed by atoms with Crippen molar-refractivity contribution >= 4 is 39.1 Å². The van der Waals surface area contributed by atoms with E-state index in [1.165, 1.54) is 11.3 Å². The fraction of sp³-hybridized carbons (Fsp3) is 0.269. The van der Waals surface area contributed by atoms with E-state index >= 15 is 0 Å². The fourth-order valence-corrected chi connectivity index (χ4v) is 5.05. The van der Waals surface area contributed by atoms with E-state index in [0.717, 1.165) is 41.9 Å². The Morgan fingerprint density at radius 3 is 2.45 bits per heavy atom. The first kappa shape index (κ1) is 21.4. The number of thiophene rings is 1. The number of nitrogens with zero attached hydrogens (tertiary/aromatic N) is 3. The van der Waals surface area contributed by atoms with E-state index in [0.29, 0.717) is 22.7 Å². The largest absolute Gasteiger partial charge is 0.341 e. The molecule has 0 aliphatic carbocycles. The van der Waals surface area contributed by atoms with Crippen LogP contribution < -0.4 is 15.8 Å². The van der Waals surface area contributed by atoms with Gasteiger partial charge in [-0.2, -0.15) is 0 Å². The first-order valence-corrected chi connectivity index (χ1v) is 12.1. The highest BCUT2D eigenvalue weighted by Crippen LogP contribution is 2.27. The number of anilines is 2. The van der Waals surface area contributed by atoms with Crippen molar-refractivity contribution in [2.24, 2.45) is 5.92 Å². The molecule has 1 fully saturated rings. The molecule has 1 N–H and O–H groups in total. The van der Waals surface area contributed by atoms with E-state index in [1.807, 2.05) is 73.8 Å². The van der Waals surface area contributed by atoms with Gasteiger partial charge in [0.2, 0.25) is 11.9 Å². The Balaban J connectivity index is 1.48. The highest BCUT2D eigenvalue weighted by Gasteiger charge is 2.29. The molecular weight excluding hydrogens is 432 g/mol. The van der Waals surface area contributed by atoms with Gasteiger partial charge in [-0.1, -0.05) is 35.4 Å². The lowest BCUT2D eigenvalue weighted by atomic mass is 9.97. The van der Waals surface area contributed by atoms with Crippen molar-refractivity contribution in [1.82, 2.24) is 9.55 Å². The molecule has 0 spiro atoms. The molecular formula is C26H26N4O2S. The summed E-state index contributed by atoms with van der Waals surface area (Å²) < 4.78 is 2.34. The number of hydrogen-bond acceptors (Lipinski definition) is 5. The van der Waals surface area contributed by atoms with Gasteiger partial charge in [-0.25, -0.2) is 9.55 Å². The summed E-state index contributed by atoms with van der Waals surface area (Å²) in [4.78, 5) is 33.4. The zero-order valence-corrected chi connectivity index (χ0v) is 19.6. The number of piperidine rings is 1. The van der Waals surface area contributed by atoms with Crippen molar-refractivity contribution in [3.05, 3.63) is 81.5 Å². The molecule has 2 aromatic carbocycles. The summed E-state index contributed by atoms with van der Waals surface area (Å²) >= 11 is 1.41. The van der Waals surface area contributed by atoms with E-state index in [1.54, 1.807) is 4.57 Å².